The Hall–Kier alpha value is -1.88. The van der Waals surface area contributed by atoms with E-state index in [9.17, 15) is 14.3 Å². The molecule has 2 unspecified atom stereocenters. The van der Waals surface area contributed by atoms with Gasteiger partial charge in [-0.25, -0.2) is 4.39 Å². The summed E-state index contributed by atoms with van der Waals surface area (Å²) < 4.78 is 18.7. The third kappa shape index (κ3) is 2.99. The van der Waals surface area contributed by atoms with Crippen LogP contribution in [0, 0.1) is 12.7 Å². The topological polar surface area (TPSA) is 62.5 Å². The van der Waals surface area contributed by atoms with Crippen LogP contribution < -0.4 is 5.32 Å². The third-order valence-corrected chi connectivity index (χ3v) is 3.18. The van der Waals surface area contributed by atoms with E-state index >= 15 is 0 Å². The van der Waals surface area contributed by atoms with Crippen molar-refractivity contribution in [3.05, 3.63) is 35.3 Å². The van der Waals surface area contributed by atoms with E-state index in [0.29, 0.717) is 23.0 Å². The number of aliphatic hydroxyl groups is 1. The van der Waals surface area contributed by atoms with Gasteiger partial charge in [-0.3, -0.25) is 4.79 Å². The van der Waals surface area contributed by atoms with Crippen LogP contribution in [0.25, 0.3) is 11.0 Å². The number of carbonyl (C=O) groups is 1. The van der Waals surface area contributed by atoms with Gasteiger partial charge < -0.3 is 14.8 Å². The van der Waals surface area contributed by atoms with E-state index in [1.807, 2.05) is 6.92 Å². The summed E-state index contributed by atoms with van der Waals surface area (Å²) in [7, 11) is 0. The normalized spacial score (nSPS) is 14.2. The lowest BCUT2D eigenvalue weighted by Crippen LogP contribution is -2.34. The van der Waals surface area contributed by atoms with Crippen molar-refractivity contribution in [3.63, 3.8) is 0 Å². The molecule has 0 aliphatic heterocycles. The number of furan rings is 1. The SMILES string of the molecule is Cc1c(C(=O)NC(C)CC(C)O)oc2ccc(F)cc12. The molecule has 2 aromatic rings. The van der Waals surface area contributed by atoms with Crippen molar-refractivity contribution in [1.29, 1.82) is 0 Å². The summed E-state index contributed by atoms with van der Waals surface area (Å²) in [6, 6.07) is 3.98. The Morgan fingerprint density at radius 3 is 2.80 bits per heavy atom. The van der Waals surface area contributed by atoms with Crippen LogP contribution in [0.5, 0.6) is 0 Å². The predicted molar refractivity (Wildman–Crippen MR) is 74.1 cm³/mol. The summed E-state index contributed by atoms with van der Waals surface area (Å²) in [5, 5.41) is 12.6. The van der Waals surface area contributed by atoms with E-state index in [1.54, 1.807) is 13.8 Å². The van der Waals surface area contributed by atoms with Gasteiger partial charge in [0, 0.05) is 17.0 Å². The first-order chi connectivity index (χ1) is 9.38. The first-order valence-electron chi connectivity index (χ1n) is 6.56. The molecule has 1 aromatic carbocycles. The Morgan fingerprint density at radius 1 is 1.45 bits per heavy atom. The minimum absolute atomic E-state index is 0.174. The number of rotatable bonds is 4. The van der Waals surface area contributed by atoms with Crippen LogP contribution in [0.3, 0.4) is 0 Å². The summed E-state index contributed by atoms with van der Waals surface area (Å²) in [5.74, 6) is -0.536. The van der Waals surface area contributed by atoms with Gasteiger partial charge >= 0.3 is 0 Å². The predicted octanol–water partition coefficient (Wildman–Crippen LogP) is 2.77. The van der Waals surface area contributed by atoms with E-state index in [0.717, 1.165) is 0 Å². The molecule has 108 valence electrons. The molecule has 0 spiro atoms. The molecular weight excluding hydrogens is 261 g/mol. The largest absolute Gasteiger partial charge is 0.451 e. The lowest BCUT2D eigenvalue weighted by Gasteiger charge is -2.14. The Bertz CT molecular complexity index is 633. The molecule has 0 saturated heterocycles. The zero-order valence-electron chi connectivity index (χ0n) is 11.7. The second kappa shape index (κ2) is 5.63. The molecule has 0 fully saturated rings. The van der Waals surface area contributed by atoms with Crippen molar-refractivity contribution >= 4 is 16.9 Å². The van der Waals surface area contributed by atoms with Crippen LogP contribution in [-0.4, -0.2) is 23.2 Å². The Labute approximate surface area is 116 Å². The number of fused-ring (bicyclic) bond motifs is 1. The number of halogens is 1. The standard InChI is InChI=1S/C15H18FNO3/c1-8(6-9(2)18)17-15(19)14-10(3)12-7-11(16)4-5-13(12)20-14/h4-5,7-9,18H,6H2,1-3H3,(H,17,19). The number of benzene rings is 1. The summed E-state index contributed by atoms with van der Waals surface area (Å²) in [4.78, 5) is 12.1. The van der Waals surface area contributed by atoms with Gasteiger partial charge in [-0.2, -0.15) is 0 Å². The molecule has 5 heteroatoms. The molecule has 20 heavy (non-hydrogen) atoms. The van der Waals surface area contributed by atoms with Crippen LogP contribution in [0.15, 0.2) is 22.6 Å². The molecule has 4 nitrogen and oxygen atoms in total. The van der Waals surface area contributed by atoms with Crippen LogP contribution in [0.1, 0.15) is 36.4 Å². The van der Waals surface area contributed by atoms with E-state index in [2.05, 4.69) is 5.32 Å². The van der Waals surface area contributed by atoms with E-state index < -0.39 is 6.10 Å². The second-order valence-electron chi connectivity index (χ2n) is 5.16. The molecule has 2 N–H and O–H groups in total. The summed E-state index contributed by atoms with van der Waals surface area (Å²) in [6.07, 6.45) is -0.0317. The van der Waals surface area contributed by atoms with Crippen molar-refractivity contribution < 1.29 is 18.7 Å². The minimum atomic E-state index is -0.490. The average Bonchev–Trinajstić information content (AvgIpc) is 2.65. The zero-order chi connectivity index (χ0) is 14.9. The van der Waals surface area contributed by atoms with Gasteiger partial charge in [-0.05, 0) is 45.4 Å². The molecule has 0 saturated carbocycles. The highest BCUT2D eigenvalue weighted by Gasteiger charge is 2.19. The molecule has 1 amide bonds. The Balaban J connectivity index is 2.24. The molecule has 0 radical (unpaired) electrons. The molecule has 1 aromatic heterocycles. The molecule has 0 aliphatic carbocycles. The molecule has 1 heterocycles. The Morgan fingerprint density at radius 2 is 2.15 bits per heavy atom. The molecular formula is C15H18FNO3. The van der Waals surface area contributed by atoms with Crippen molar-refractivity contribution in [2.75, 3.05) is 0 Å². The fourth-order valence-electron chi connectivity index (χ4n) is 2.27. The van der Waals surface area contributed by atoms with Gasteiger partial charge in [0.1, 0.15) is 11.4 Å². The van der Waals surface area contributed by atoms with Crippen LogP contribution in [-0.2, 0) is 0 Å². The average molecular weight is 279 g/mol. The van der Waals surface area contributed by atoms with Crippen molar-refractivity contribution in [3.8, 4) is 0 Å². The summed E-state index contributed by atoms with van der Waals surface area (Å²) in [5.41, 5.74) is 1.10. The molecule has 2 atom stereocenters. The zero-order valence-corrected chi connectivity index (χ0v) is 11.7. The molecule has 0 aliphatic rings. The smallest absolute Gasteiger partial charge is 0.287 e. The maximum absolute atomic E-state index is 13.2. The molecule has 2 rings (SSSR count). The number of hydrogen-bond donors (Lipinski definition) is 2. The number of aryl methyl sites for hydroxylation is 1. The highest BCUT2D eigenvalue weighted by atomic mass is 19.1. The van der Waals surface area contributed by atoms with Gasteiger partial charge in [0.2, 0.25) is 0 Å². The van der Waals surface area contributed by atoms with Gasteiger partial charge in [0.15, 0.2) is 5.76 Å². The van der Waals surface area contributed by atoms with Crippen molar-refractivity contribution in [1.82, 2.24) is 5.32 Å². The number of carbonyl (C=O) groups excluding carboxylic acids is 1. The highest BCUT2D eigenvalue weighted by molar-refractivity contribution is 5.99. The highest BCUT2D eigenvalue weighted by Crippen LogP contribution is 2.26. The van der Waals surface area contributed by atoms with Crippen LogP contribution in [0.2, 0.25) is 0 Å². The van der Waals surface area contributed by atoms with Crippen LogP contribution in [0.4, 0.5) is 4.39 Å². The second-order valence-corrected chi connectivity index (χ2v) is 5.16. The number of hydrogen-bond acceptors (Lipinski definition) is 3. The van der Waals surface area contributed by atoms with Gasteiger partial charge in [-0.1, -0.05) is 0 Å². The van der Waals surface area contributed by atoms with Gasteiger partial charge in [0.05, 0.1) is 6.10 Å². The summed E-state index contributed by atoms with van der Waals surface area (Å²) in [6.45, 7) is 5.19. The van der Waals surface area contributed by atoms with E-state index in [4.69, 9.17) is 4.42 Å². The fourth-order valence-corrected chi connectivity index (χ4v) is 2.27. The van der Waals surface area contributed by atoms with Crippen molar-refractivity contribution in [2.45, 2.75) is 39.3 Å². The quantitative estimate of drug-likeness (QED) is 0.904. The van der Waals surface area contributed by atoms with E-state index in [1.165, 1.54) is 18.2 Å². The van der Waals surface area contributed by atoms with Crippen LogP contribution >= 0.6 is 0 Å². The lowest BCUT2D eigenvalue weighted by atomic mass is 10.1. The maximum atomic E-state index is 13.2. The number of amides is 1. The molecule has 0 bridgehead atoms. The van der Waals surface area contributed by atoms with Gasteiger partial charge in [-0.15, -0.1) is 0 Å². The first kappa shape index (κ1) is 14.5. The van der Waals surface area contributed by atoms with E-state index in [-0.39, 0.29) is 23.5 Å². The minimum Gasteiger partial charge on any atom is -0.451 e. The summed E-state index contributed by atoms with van der Waals surface area (Å²) >= 11 is 0. The lowest BCUT2D eigenvalue weighted by molar-refractivity contribution is 0.0896. The maximum Gasteiger partial charge on any atom is 0.287 e. The van der Waals surface area contributed by atoms with Gasteiger partial charge in [0.25, 0.3) is 5.91 Å². The third-order valence-electron chi connectivity index (χ3n) is 3.18. The first-order valence-corrected chi connectivity index (χ1v) is 6.56. The van der Waals surface area contributed by atoms with Crippen molar-refractivity contribution in [2.24, 2.45) is 0 Å². The Kier molecular flexibility index (Phi) is 4.09. The fraction of sp³-hybridized carbons (Fsp3) is 0.400. The number of aliphatic hydroxyl groups excluding tert-OH is 1. The number of nitrogens with one attached hydrogen (secondary N) is 1. The monoisotopic (exact) mass is 279 g/mol.